The number of carbonyl (C=O) groups is 1. The van der Waals surface area contributed by atoms with Gasteiger partial charge in [0.1, 0.15) is 11.6 Å². The van der Waals surface area contributed by atoms with Crippen LogP contribution in [0.1, 0.15) is 15.9 Å². The van der Waals surface area contributed by atoms with Crippen LogP contribution in [0.3, 0.4) is 0 Å². The van der Waals surface area contributed by atoms with Crippen LogP contribution in [0.5, 0.6) is 5.75 Å². The van der Waals surface area contributed by atoms with E-state index in [2.05, 4.69) is 15.9 Å². The van der Waals surface area contributed by atoms with E-state index in [4.69, 9.17) is 16.3 Å². The molecule has 0 saturated heterocycles. The molecule has 0 unspecified atom stereocenters. The lowest BCUT2D eigenvalue weighted by molar-refractivity contribution is 0.103. The van der Waals surface area contributed by atoms with Gasteiger partial charge in [-0.05, 0) is 52.3 Å². The first-order chi connectivity index (χ1) is 9.02. The molecule has 0 amide bonds. The smallest absolute Gasteiger partial charge is 0.194 e. The second-order valence-electron chi connectivity index (χ2n) is 3.80. The molecule has 0 aliphatic heterocycles. The highest BCUT2D eigenvalue weighted by Crippen LogP contribution is 2.26. The van der Waals surface area contributed by atoms with E-state index >= 15 is 0 Å². The van der Waals surface area contributed by atoms with Crippen molar-refractivity contribution in [3.63, 3.8) is 0 Å². The Balaban J connectivity index is 2.41. The van der Waals surface area contributed by atoms with Crippen molar-refractivity contribution in [1.29, 1.82) is 0 Å². The minimum absolute atomic E-state index is 0.0736. The fourth-order valence-corrected chi connectivity index (χ4v) is 2.32. The van der Waals surface area contributed by atoms with Gasteiger partial charge in [0, 0.05) is 15.6 Å². The maximum atomic E-state index is 13.1. The Hall–Kier alpha value is -1.39. The maximum absolute atomic E-state index is 13.1. The molecule has 0 N–H and O–H groups in total. The normalized spacial score (nSPS) is 10.3. The van der Waals surface area contributed by atoms with Crippen LogP contribution in [0.25, 0.3) is 0 Å². The van der Waals surface area contributed by atoms with Gasteiger partial charge in [0.2, 0.25) is 0 Å². The zero-order valence-electron chi connectivity index (χ0n) is 9.91. The van der Waals surface area contributed by atoms with Gasteiger partial charge in [-0.15, -0.1) is 0 Å². The molecule has 2 aromatic carbocycles. The summed E-state index contributed by atoms with van der Waals surface area (Å²) in [6, 6.07) is 8.91. The zero-order chi connectivity index (χ0) is 14.0. The van der Waals surface area contributed by atoms with Crippen molar-refractivity contribution in [3.05, 3.63) is 62.8 Å². The third-order valence-corrected chi connectivity index (χ3v) is 3.55. The number of hydrogen-bond acceptors (Lipinski definition) is 2. The standard InChI is InChI=1S/C14H9BrClFO2/c1-19-9-3-4-10(11(15)7-9)14(18)8-2-5-13(17)12(16)6-8/h2-7H,1H3. The molecule has 0 spiro atoms. The number of ether oxygens (including phenoxy) is 1. The lowest BCUT2D eigenvalue weighted by Crippen LogP contribution is -2.03. The van der Waals surface area contributed by atoms with Crippen molar-refractivity contribution in [2.75, 3.05) is 7.11 Å². The molecule has 0 bridgehead atoms. The van der Waals surface area contributed by atoms with E-state index < -0.39 is 5.82 Å². The highest BCUT2D eigenvalue weighted by Gasteiger charge is 2.14. The Morgan fingerprint density at radius 2 is 2.00 bits per heavy atom. The SMILES string of the molecule is COc1ccc(C(=O)c2ccc(F)c(Cl)c2)c(Br)c1. The molecule has 0 aliphatic carbocycles. The summed E-state index contributed by atoms with van der Waals surface area (Å²) < 4.78 is 18.7. The third-order valence-electron chi connectivity index (χ3n) is 2.60. The molecule has 0 heterocycles. The van der Waals surface area contributed by atoms with Crippen molar-refractivity contribution in [1.82, 2.24) is 0 Å². The van der Waals surface area contributed by atoms with E-state index in [1.165, 1.54) is 18.2 Å². The Morgan fingerprint density at radius 3 is 2.58 bits per heavy atom. The lowest BCUT2D eigenvalue weighted by atomic mass is 10.0. The molecular weight excluding hydrogens is 335 g/mol. The van der Waals surface area contributed by atoms with Crippen molar-refractivity contribution < 1.29 is 13.9 Å². The molecule has 0 aromatic heterocycles. The summed E-state index contributed by atoms with van der Waals surface area (Å²) in [6.07, 6.45) is 0. The number of rotatable bonds is 3. The van der Waals surface area contributed by atoms with E-state index in [1.54, 1.807) is 25.3 Å². The van der Waals surface area contributed by atoms with E-state index in [-0.39, 0.29) is 10.8 Å². The Bertz CT molecular complexity index is 643. The van der Waals surface area contributed by atoms with Gasteiger partial charge < -0.3 is 4.74 Å². The Labute approximate surface area is 123 Å². The predicted molar refractivity (Wildman–Crippen MR) is 75.5 cm³/mol. The first-order valence-corrected chi connectivity index (χ1v) is 6.53. The van der Waals surface area contributed by atoms with Crippen LogP contribution in [0, 0.1) is 5.82 Å². The van der Waals surface area contributed by atoms with Crippen molar-refractivity contribution >= 4 is 33.3 Å². The number of methoxy groups -OCH3 is 1. The first-order valence-electron chi connectivity index (χ1n) is 5.36. The summed E-state index contributed by atoms with van der Waals surface area (Å²) >= 11 is 8.98. The molecule has 0 radical (unpaired) electrons. The van der Waals surface area contributed by atoms with Gasteiger partial charge in [-0.25, -0.2) is 4.39 Å². The van der Waals surface area contributed by atoms with Crippen molar-refractivity contribution in [2.45, 2.75) is 0 Å². The quantitative estimate of drug-likeness (QED) is 0.768. The fraction of sp³-hybridized carbons (Fsp3) is 0.0714. The van der Waals surface area contributed by atoms with Gasteiger partial charge in [0.05, 0.1) is 12.1 Å². The van der Waals surface area contributed by atoms with E-state index in [0.29, 0.717) is 21.3 Å². The van der Waals surface area contributed by atoms with Crippen LogP contribution in [0.4, 0.5) is 4.39 Å². The van der Waals surface area contributed by atoms with Gasteiger partial charge in [0.25, 0.3) is 0 Å². The molecule has 0 saturated carbocycles. The second-order valence-corrected chi connectivity index (χ2v) is 5.07. The highest BCUT2D eigenvalue weighted by molar-refractivity contribution is 9.10. The van der Waals surface area contributed by atoms with Gasteiger partial charge in [0.15, 0.2) is 5.78 Å². The van der Waals surface area contributed by atoms with Crippen LogP contribution >= 0.6 is 27.5 Å². The predicted octanol–water partition coefficient (Wildman–Crippen LogP) is 4.48. The summed E-state index contributed by atoms with van der Waals surface area (Å²) in [4.78, 5) is 12.3. The number of halogens is 3. The summed E-state index contributed by atoms with van der Waals surface area (Å²) in [5, 5.41) is -0.0736. The average molecular weight is 344 g/mol. The van der Waals surface area contributed by atoms with Gasteiger partial charge in [-0.1, -0.05) is 11.6 Å². The largest absolute Gasteiger partial charge is 0.497 e. The van der Waals surface area contributed by atoms with Gasteiger partial charge >= 0.3 is 0 Å². The summed E-state index contributed by atoms with van der Waals surface area (Å²) in [6.45, 7) is 0. The van der Waals surface area contributed by atoms with E-state index in [0.717, 1.165) is 0 Å². The molecule has 2 nitrogen and oxygen atoms in total. The van der Waals surface area contributed by atoms with Crippen LogP contribution in [0.15, 0.2) is 40.9 Å². The fourth-order valence-electron chi connectivity index (χ4n) is 1.60. The molecule has 2 rings (SSSR count). The van der Waals surface area contributed by atoms with E-state index in [9.17, 15) is 9.18 Å². The Morgan fingerprint density at radius 1 is 1.26 bits per heavy atom. The summed E-state index contributed by atoms with van der Waals surface area (Å²) in [5.41, 5.74) is 0.792. The summed E-state index contributed by atoms with van der Waals surface area (Å²) in [7, 11) is 1.54. The van der Waals surface area contributed by atoms with E-state index in [1.807, 2.05) is 0 Å². The zero-order valence-corrected chi connectivity index (χ0v) is 12.3. The molecular formula is C14H9BrClFO2. The first kappa shape index (κ1) is 14.0. The summed E-state index contributed by atoms with van der Waals surface area (Å²) in [5.74, 6) is -0.149. The maximum Gasteiger partial charge on any atom is 0.194 e. The number of hydrogen-bond donors (Lipinski definition) is 0. The molecule has 5 heteroatoms. The number of ketones is 1. The molecule has 0 aliphatic rings. The van der Waals surface area contributed by atoms with Gasteiger partial charge in [-0.2, -0.15) is 0 Å². The minimum atomic E-state index is -0.549. The average Bonchev–Trinajstić information content (AvgIpc) is 2.41. The molecule has 0 fully saturated rings. The third kappa shape index (κ3) is 2.96. The monoisotopic (exact) mass is 342 g/mol. The Kier molecular flexibility index (Phi) is 4.22. The van der Waals surface area contributed by atoms with Crippen LogP contribution in [-0.4, -0.2) is 12.9 Å². The molecule has 98 valence electrons. The molecule has 19 heavy (non-hydrogen) atoms. The van der Waals surface area contributed by atoms with Gasteiger partial charge in [-0.3, -0.25) is 4.79 Å². The minimum Gasteiger partial charge on any atom is -0.497 e. The number of benzene rings is 2. The van der Waals surface area contributed by atoms with Crippen LogP contribution in [0.2, 0.25) is 5.02 Å². The topological polar surface area (TPSA) is 26.3 Å². The van der Waals surface area contributed by atoms with Crippen molar-refractivity contribution in [3.8, 4) is 5.75 Å². The molecule has 2 aromatic rings. The number of carbonyl (C=O) groups excluding carboxylic acids is 1. The second kappa shape index (κ2) is 5.72. The lowest BCUT2D eigenvalue weighted by Gasteiger charge is -2.07. The van der Waals surface area contributed by atoms with Crippen LogP contribution < -0.4 is 4.74 Å². The molecule has 0 atom stereocenters. The van der Waals surface area contributed by atoms with Crippen LogP contribution in [-0.2, 0) is 0 Å². The van der Waals surface area contributed by atoms with Crippen molar-refractivity contribution in [2.24, 2.45) is 0 Å². The highest BCUT2D eigenvalue weighted by atomic mass is 79.9.